The van der Waals surface area contributed by atoms with E-state index in [9.17, 15) is 4.79 Å². The Kier molecular flexibility index (Phi) is 3.54. The maximum Gasteiger partial charge on any atom is 0.252 e. The number of anilines is 1. The number of ether oxygens (including phenoxy) is 1. The second kappa shape index (κ2) is 5.71. The SMILES string of the molecule is CCOC12CC3C[C@H](C1)C(Nc1c(C(N)=O)cnc4[nH]ccc14)[C@@H](C3)C2. The summed E-state index contributed by atoms with van der Waals surface area (Å²) in [5.41, 5.74) is 7.83. The minimum atomic E-state index is -0.433. The van der Waals surface area contributed by atoms with Crippen molar-refractivity contribution in [3.63, 3.8) is 0 Å². The summed E-state index contributed by atoms with van der Waals surface area (Å²) in [5, 5.41) is 4.69. The summed E-state index contributed by atoms with van der Waals surface area (Å²) in [6, 6.07) is 2.34. The molecule has 4 N–H and O–H groups in total. The minimum Gasteiger partial charge on any atom is -0.380 e. The van der Waals surface area contributed by atoms with E-state index in [0.29, 0.717) is 23.4 Å². The van der Waals surface area contributed by atoms with Gasteiger partial charge in [-0.3, -0.25) is 4.79 Å². The molecule has 138 valence electrons. The highest BCUT2D eigenvalue weighted by molar-refractivity contribution is 6.06. The lowest BCUT2D eigenvalue weighted by Gasteiger charge is -2.59. The van der Waals surface area contributed by atoms with Crippen LogP contribution >= 0.6 is 0 Å². The minimum absolute atomic E-state index is 0.0948. The molecule has 6 heteroatoms. The lowest BCUT2D eigenvalue weighted by atomic mass is 9.52. The number of aromatic nitrogens is 2. The number of carbonyl (C=O) groups is 1. The normalized spacial score (nSPS) is 35.1. The van der Waals surface area contributed by atoms with Crippen molar-refractivity contribution in [1.82, 2.24) is 9.97 Å². The average molecular weight is 354 g/mol. The number of amides is 1. The Bertz CT molecular complexity index is 845. The molecule has 2 aromatic rings. The first-order chi connectivity index (χ1) is 12.6. The average Bonchev–Trinajstić information content (AvgIpc) is 3.06. The van der Waals surface area contributed by atoms with Crippen molar-refractivity contribution >= 4 is 22.6 Å². The highest BCUT2D eigenvalue weighted by Gasteiger charge is 2.56. The quantitative estimate of drug-likeness (QED) is 0.769. The summed E-state index contributed by atoms with van der Waals surface area (Å²) in [4.78, 5) is 19.4. The zero-order chi connectivity index (χ0) is 17.9. The fraction of sp³-hybridized carbons (Fsp3) is 0.600. The Balaban J connectivity index is 1.50. The van der Waals surface area contributed by atoms with Crippen LogP contribution in [-0.2, 0) is 4.74 Å². The first-order valence-electron chi connectivity index (χ1n) is 9.75. The van der Waals surface area contributed by atoms with Crippen LogP contribution < -0.4 is 11.1 Å². The van der Waals surface area contributed by atoms with Crippen LogP contribution in [-0.4, -0.2) is 34.1 Å². The maximum atomic E-state index is 12.0. The van der Waals surface area contributed by atoms with Crippen molar-refractivity contribution in [3.05, 3.63) is 24.0 Å². The summed E-state index contributed by atoms with van der Waals surface area (Å²) >= 11 is 0. The van der Waals surface area contributed by atoms with Crippen LogP contribution in [0.1, 0.15) is 49.4 Å². The van der Waals surface area contributed by atoms with E-state index in [4.69, 9.17) is 10.5 Å². The number of nitrogens with one attached hydrogen (secondary N) is 2. The smallest absolute Gasteiger partial charge is 0.252 e. The van der Waals surface area contributed by atoms with Gasteiger partial charge in [0.2, 0.25) is 0 Å². The highest BCUT2D eigenvalue weighted by Crippen LogP contribution is 2.57. The predicted molar refractivity (Wildman–Crippen MR) is 99.9 cm³/mol. The predicted octanol–water partition coefficient (Wildman–Crippen LogP) is 3.06. The number of aromatic amines is 1. The fourth-order valence-corrected chi connectivity index (χ4v) is 6.19. The zero-order valence-electron chi connectivity index (χ0n) is 15.1. The molecule has 4 aliphatic carbocycles. The largest absolute Gasteiger partial charge is 0.380 e. The van der Waals surface area contributed by atoms with E-state index in [2.05, 4.69) is 22.2 Å². The Hall–Kier alpha value is -2.08. The maximum absolute atomic E-state index is 12.0. The van der Waals surface area contributed by atoms with Gasteiger partial charge in [0.25, 0.3) is 5.91 Å². The number of rotatable bonds is 5. The van der Waals surface area contributed by atoms with Gasteiger partial charge < -0.3 is 20.8 Å². The summed E-state index contributed by atoms with van der Waals surface area (Å²) in [6.07, 6.45) is 9.43. The van der Waals surface area contributed by atoms with E-state index < -0.39 is 5.91 Å². The molecule has 4 aliphatic rings. The third kappa shape index (κ3) is 2.35. The molecule has 4 fully saturated rings. The molecule has 0 aromatic carbocycles. The van der Waals surface area contributed by atoms with Gasteiger partial charge in [0.1, 0.15) is 5.65 Å². The van der Waals surface area contributed by atoms with Crippen molar-refractivity contribution in [2.75, 3.05) is 11.9 Å². The van der Waals surface area contributed by atoms with E-state index in [1.807, 2.05) is 12.3 Å². The molecule has 0 spiro atoms. The first-order valence-corrected chi connectivity index (χ1v) is 9.75. The molecule has 0 saturated heterocycles. The van der Waals surface area contributed by atoms with Gasteiger partial charge >= 0.3 is 0 Å². The summed E-state index contributed by atoms with van der Waals surface area (Å²) < 4.78 is 6.24. The van der Waals surface area contributed by atoms with E-state index >= 15 is 0 Å². The third-order valence-electron chi connectivity index (χ3n) is 6.83. The number of carbonyl (C=O) groups excluding carboxylic acids is 1. The van der Waals surface area contributed by atoms with Gasteiger partial charge in [-0.1, -0.05) is 0 Å². The van der Waals surface area contributed by atoms with Crippen LogP contribution in [0.4, 0.5) is 5.69 Å². The van der Waals surface area contributed by atoms with Gasteiger partial charge in [0.05, 0.1) is 16.9 Å². The van der Waals surface area contributed by atoms with Crippen molar-refractivity contribution < 1.29 is 9.53 Å². The monoisotopic (exact) mass is 354 g/mol. The molecule has 4 bridgehead atoms. The van der Waals surface area contributed by atoms with Crippen molar-refractivity contribution in [2.45, 2.75) is 50.7 Å². The molecule has 0 aliphatic heterocycles. The molecule has 5 atom stereocenters. The second-order valence-corrected chi connectivity index (χ2v) is 8.41. The van der Waals surface area contributed by atoms with Crippen LogP contribution in [0.25, 0.3) is 11.0 Å². The van der Waals surface area contributed by atoms with Crippen LogP contribution in [0.5, 0.6) is 0 Å². The molecule has 6 rings (SSSR count). The summed E-state index contributed by atoms with van der Waals surface area (Å²) in [6.45, 7) is 2.90. The molecule has 2 heterocycles. The second-order valence-electron chi connectivity index (χ2n) is 8.41. The Labute approximate surface area is 152 Å². The van der Waals surface area contributed by atoms with E-state index in [0.717, 1.165) is 42.1 Å². The van der Waals surface area contributed by atoms with Gasteiger partial charge in [0.15, 0.2) is 0 Å². The number of nitrogens with two attached hydrogens (primary N) is 1. The number of fused-ring (bicyclic) bond motifs is 1. The lowest BCUT2D eigenvalue weighted by Crippen LogP contribution is -2.60. The number of nitrogens with zero attached hydrogens (tertiary/aromatic N) is 1. The number of hydrogen-bond donors (Lipinski definition) is 3. The van der Waals surface area contributed by atoms with Crippen LogP contribution in [0.2, 0.25) is 0 Å². The van der Waals surface area contributed by atoms with E-state index in [1.165, 1.54) is 19.3 Å². The third-order valence-corrected chi connectivity index (χ3v) is 6.83. The molecule has 4 saturated carbocycles. The Morgan fingerprint density at radius 2 is 2.15 bits per heavy atom. The number of H-pyrrole nitrogens is 1. The molecule has 2 aromatic heterocycles. The molecule has 6 nitrogen and oxygen atoms in total. The lowest BCUT2D eigenvalue weighted by molar-refractivity contribution is -0.163. The van der Waals surface area contributed by atoms with Crippen molar-refractivity contribution in [3.8, 4) is 0 Å². The Morgan fingerprint density at radius 1 is 1.38 bits per heavy atom. The van der Waals surface area contributed by atoms with Gasteiger partial charge in [-0.25, -0.2) is 4.98 Å². The number of pyridine rings is 1. The van der Waals surface area contributed by atoms with Crippen LogP contribution in [0, 0.1) is 17.8 Å². The van der Waals surface area contributed by atoms with Gasteiger partial charge in [-0.2, -0.15) is 0 Å². The molecular weight excluding hydrogens is 328 g/mol. The first kappa shape index (κ1) is 16.1. The molecule has 26 heavy (non-hydrogen) atoms. The van der Waals surface area contributed by atoms with E-state index in [-0.39, 0.29) is 5.60 Å². The summed E-state index contributed by atoms with van der Waals surface area (Å²) in [5.74, 6) is 1.54. The summed E-state index contributed by atoms with van der Waals surface area (Å²) in [7, 11) is 0. The van der Waals surface area contributed by atoms with Crippen molar-refractivity contribution in [2.24, 2.45) is 23.5 Å². The van der Waals surface area contributed by atoms with E-state index in [1.54, 1.807) is 6.20 Å². The topological polar surface area (TPSA) is 93.0 Å². The number of primary amides is 1. The van der Waals surface area contributed by atoms with Crippen LogP contribution in [0.15, 0.2) is 18.5 Å². The molecule has 0 radical (unpaired) electrons. The number of hydrogen-bond acceptors (Lipinski definition) is 4. The van der Waals surface area contributed by atoms with Crippen LogP contribution in [0.3, 0.4) is 0 Å². The van der Waals surface area contributed by atoms with Crippen molar-refractivity contribution in [1.29, 1.82) is 0 Å². The standard InChI is InChI=1S/C20H26N4O2/c1-2-26-20-7-11-5-12(8-20)16(13(6-11)9-20)24-17-14-3-4-22-19(14)23-10-15(17)18(21)25/h3-4,10-13,16H,2,5-9H2,1H3,(H2,21,25)(H2,22,23,24)/t11?,12-,13+,16?,20?. The molecule has 3 unspecified atom stereocenters. The molecular formula is C20H26N4O2. The van der Waals surface area contributed by atoms with Gasteiger partial charge in [0, 0.05) is 30.4 Å². The molecule has 1 amide bonds. The fourth-order valence-electron chi connectivity index (χ4n) is 6.19. The Morgan fingerprint density at radius 3 is 2.85 bits per heavy atom. The zero-order valence-corrected chi connectivity index (χ0v) is 15.1. The van der Waals surface area contributed by atoms with Gasteiger partial charge in [-0.05, 0) is 62.8 Å². The van der Waals surface area contributed by atoms with Gasteiger partial charge in [-0.15, -0.1) is 0 Å². The highest BCUT2D eigenvalue weighted by atomic mass is 16.5.